The maximum atomic E-state index is 11.7. The van der Waals surface area contributed by atoms with E-state index in [1.807, 2.05) is 0 Å². The number of nitrogens with one attached hydrogen (secondary N) is 2. The highest BCUT2D eigenvalue weighted by molar-refractivity contribution is 8.15. The molecular weight excluding hydrogens is 224 g/mol. The average molecular weight is 240 g/mol. The molecular formula is C10H16N4OS. The lowest BCUT2D eigenvalue weighted by molar-refractivity contribution is -0.129. The van der Waals surface area contributed by atoms with Gasteiger partial charge in [0.25, 0.3) is 5.91 Å². The lowest BCUT2D eigenvalue weighted by atomic mass is 9.82. The first-order chi connectivity index (χ1) is 7.69. The minimum atomic E-state index is -0.193. The molecule has 0 aromatic carbocycles. The molecule has 2 heterocycles. The van der Waals surface area contributed by atoms with E-state index in [2.05, 4.69) is 22.9 Å². The molecule has 3 aliphatic rings. The summed E-state index contributed by atoms with van der Waals surface area (Å²) >= 11 is 1.48. The number of hydrogen-bond donors (Lipinski definition) is 2. The van der Waals surface area contributed by atoms with Crippen molar-refractivity contribution in [2.45, 2.75) is 38.3 Å². The van der Waals surface area contributed by atoms with E-state index in [-0.39, 0.29) is 11.6 Å². The number of hydrazine groups is 1. The molecule has 3 rings (SSSR count). The van der Waals surface area contributed by atoms with Crippen LogP contribution in [0.15, 0.2) is 5.10 Å². The largest absolute Gasteiger partial charge is 0.286 e. The minimum Gasteiger partial charge on any atom is -0.286 e. The van der Waals surface area contributed by atoms with Gasteiger partial charge >= 0.3 is 0 Å². The number of hydrogen-bond acceptors (Lipinski definition) is 5. The van der Waals surface area contributed by atoms with Crippen molar-refractivity contribution in [3.05, 3.63) is 0 Å². The maximum absolute atomic E-state index is 11.7. The van der Waals surface area contributed by atoms with Crippen molar-refractivity contribution in [1.82, 2.24) is 15.9 Å². The summed E-state index contributed by atoms with van der Waals surface area (Å²) in [6.45, 7) is 2.25. The van der Waals surface area contributed by atoms with Crippen LogP contribution in [0.2, 0.25) is 0 Å². The van der Waals surface area contributed by atoms with E-state index in [4.69, 9.17) is 0 Å². The van der Waals surface area contributed by atoms with Crippen LogP contribution in [0.25, 0.3) is 0 Å². The predicted molar refractivity (Wildman–Crippen MR) is 63.4 cm³/mol. The van der Waals surface area contributed by atoms with Crippen LogP contribution < -0.4 is 10.9 Å². The van der Waals surface area contributed by atoms with Gasteiger partial charge in [0.15, 0.2) is 0 Å². The van der Waals surface area contributed by atoms with Crippen LogP contribution in [0.3, 0.4) is 0 Å². The molecule has 88 valence electrons. The number of thioether (sulfide) groups is 1. The van der Waals surface area contributed by atoms with Gasteiger partial charge < -0.3 is 0 Å². The number of amides is 1. The molecule has 0 bridgehead atoms. The van der Waals surface area contributed by atoms with Gasteiger partial charge in [-0.2, -0.15) is 10.5 Å². The zero-order chi connectivity index (χ0) is 11.2. The molecule has 1 amide bonds. The van der Waals surface area contributed by atoms with Crippen molar-refractivity contribution in [1.29, 1.82) is 0 Å². The molecule has 1 saturated carbocycles. The number of carbonyl (C=O) groups is 1. The second kappa shape index (κ2) is 3.63. The lowest BCUT2D eigenvalue weighted by Crippen LogP contribution is -2.67. The molecule has 0 radical (unpaired) electrons. The monoisotopic (exact) mass is 240 g/mol. The lowest BCUT2D eigenvalue weighted by Gasteiger charge is -2.44. The quantitative estimate of drug-likeness (QED) is 0.659. The van der Waals surface area contributed by atoms with Crippen LogP contribution in [0.4, 0.5) is 0 Å². The number of carbonyl (C=O) groups excluding carboxylic acids is 1. The summed E-state index contributed by atoms with van der Waals surface area (Å²) in [6, 6.07) is 0. The Morgan fingerprint density at radius 2 is 2.50 bits per heavy atom. The first-order valence-corrected chi connectivity index (χ1v) is 6.76. The predicted octanol–water partition coefficient (Wildman–Crippen LogP) is 0.847. The number of fused-ring (bicyclic) bond motifs is 1. The van der Waals surface area contributed by atoms with Gasteiger partial charge in [0.2, 0.25) is 5.17 Å². The van der Waals surface area contributed by atoms with E-state index in [0.29, 0.717) is 11.7 Å². The van der Waals surface area contributed by atoms with Crippen molar-refractivity contribution < 1.29 is 4.79 Å². The van der Waals surface area contributed by atoms with Gasteiger partial charge in [0.1, 0.15) is 5.66 Å². The Bertz CT molecular complexity index is 359. The van der Waals surface area contributed by atoms with Gasteiger partial charge in [-0.15, -0.1) is 0 Å². The van der Waals surface area contributed by atoms with Crippen molar-refractivity contribution in [2.24, 2.45) is 11.0 Å². The van der Waals surface area contributed by atoms with E-state index < -0.39 is 0 Å². The molecule has 1 spiro atoms. The van der Waals surface area contributed by atoms with Crippen LogP contribution in [-0.4, -0.2) is 27.5 Å². The normalized spacial score (nSPS) is 38.3. The minimum absolute atomic E-state index is 0.114. The fourth-order valence-corrected chi connectivity index (χ4v) is 3.47. The van der Waals surface area contributed by atoms with Crippen molar-refractivity contribution in [3.8, 4) is 0 Å². The molecule has 1 aliphatic carbocycles. The molecule has 1 saturated heterocycles. The van der Waals surface area contributed by atoms with Crippen LogP contribution in [0.5, 0.6) is 0 Å². The summed E-state index contributed by atoms with van der Waals surface area (Å²) in [5.41, 5.74) is 6.36. The summed E-state index contributed by atoms with van der Waals surface area (Å²) in [6.07, 6.45) is 4.51. The Hall–Kier alpha value is -0.750. The highest BCUT2D eigenvalue weighted by atomic mass is 32.2. The zero-order valence-electron chi connectivity index (χ0n) is 9.32. The highest BCUT2D eigenvalue weighted by Gasteiger charge is 2.43. The molecule has 5 nitrogen and oxygen atoms in total. The van der Waals surface area contributed by atoms with E-state index in [0.717, 1.165) is 18.0 Å². The standard InChI is InChI=1S/C10H16N4OS/c1-7-3-2-4-10(5-7)12-11-9-14(13-10)8(15)6-16-9/h7,12-13H,2-6H2,1H3/t7-,10-/m0/s1. The van der Waals surface area contributed by atoms with Gasteiger partial charge in [-0.1, -0.05) is 25.1 Å². The molecule has 2 N–H and O–H groups in total. The fourth-order valence-electron chi connectivity index (χ4n) is 2.70. The van der Waals surface area contributed by atoms with Crippen LogP contribution >= 0.6 is 11.8 Å². The van der Waals surface area contributed by atoms with Crippen LogP contribution in [0, 0.1) is 5.92 Å². The molecule has 0 aromatic heterocycles. The first-order valence-electron chi connectivity index (χ1n) is 5.77. The van der Waals surface area contributed by atoms with Crippen molar-refractivity contribution in [3.63, 3.8) is 0 Å². The number of nitrogens with zero attached hydrogens (tertiary/aromatic N) is 2. The average Bonchev–Trinajstić information content (AvgIpc) is 2.60. The molecule has 2 atom stereocenters. The third-order valence-electron chi connectivity index (χ3n) is 3.45. The summed E-state index contributed by atoms with van der Waals surface area (Å²) in [5, 5.41) is 6.71. The van der Waals surface area contributed by atoms with Crippen LogP contribution in [0.1, 0.15) is 32.6 Å². The molecule has 16 heavy (non-hydrogen) atoms. The Morgan fingerprint density at radius 1 is 1.62 bits per heavy atom. The van der Waals surface area contributed by atoms with Gasteiger partial charge in [-0.3, -0.25) is 10.2 Å². The Labute approximate surface area is 99.0 Å². The summed E-state index contributed by atoms with van der Waals surface area (Å²) < 4.78 is 0. The Morgan fingerprint density at radius 3 is 3.31 bits per heavy atom. The first kappa shape index (κ1) is 10.4. The van der Waals surface area contributed by atoms with E-state index in [1.54, 1.807) is 5.01 Å². The van der Waals surface area contributed by atoms with E-state index in [1.165, 1.54) is 24.6 Å². The zero-order valence-corrected chi connectivity index (χ0v) is 10.1. The SMILES string of the molecule is C[C@H]1CCC[C@]2(C1)NN=C1SCC(=O)N1N2. The van der Waals surface area contributed by atoms with Gasteiger partial charge in [-0.25, -0.2) is 5.01 Å². The summed E-state index contributed by atoms with van der Waals surface area (Å²) in [4.78, 5) is 11.7. The second-order valence-corrected chi connectivity index (χ2v) is 5.86. The summed E-state index contributed by atoms with van der Waals surface area (Å²) in [5.74, 6) is 1.29. The smallest absolute Gasteiger partial charge is 0.253 e. The second-order valence-electron chi connectivity index (χ2n) is 4.92. The van der Waals surface area contributed by atoms with E-state index in [9.17, 15) is 4.79 Å². The molecule has 2 fully saturated rings. The Kier molecular flexibility index (Phi) is 2.36. The van der Waals surface area contributed by atoms with Crippen LogP contribution in [-0.2, 0) is 4.79 Å². The third kappa shape index (κ3) is 1.60. The maximum Gasteiger partial charge on any atom is 0.253 e. The molecule has 0 unspecified atom stereocenters. The molecule has 0 aromatic rings. The van der Waals surface area contributed by atoms with Gasteiger partial charge in [0, 0.05) is 0 Å². The fraction of sp³-hybridized carbons (Fsp3) is 0.800. The van der Waals surface area contributed by atoms with Crippen molar-refractivity contribution >= 4 is 22.8 Å². The number of hydrazone groups is 1. The molecule has 2 aliphatic heterocycles. The number of rotatable bonds is 0. The summed E-state index contributed by atoms with van der Waals surface area (Å²) in [7, 11) is 0. The third-order valence-corrected chi connectivity index (χ3v) is 4.38. The van der Waals surface area contributed by atoms with Crippen molar-refractivity contribution in [2.75, 3.05) is 5.75 Å². The highest BCUT2D eigenvalue weighted by Crippen LogP contribution is 2.33. The number of amidine groups is 1. The molecule has 6 heteroatoms. The topological polar surface area (TPSA) is 56.7 Å². The van der Waals surface area contributed by atoms with E-state index >= 15 is 0 Å². The van der Waals surface area contributed by atoms with Gasteiger partial charge in [-0.05, 0) is 25.2 Å². The van der Waals surface area contributed by atoms with Gasteiger partial charge in [0.05, 0.1) is 5.75 Å². The Balaban J connectivity index is 1.82.